The van der Waals surface area contributed by atoms with E-state index >= 15 is 0 Å². The number of rotatable bonds is 6. The maximum absolute atomic E-state index is 12.3. The van der Waals surface area contributed by atoms with E-state index in [9.17, 15) is 18.0 Å². The summed E-state index contributed by atoms with van der Waals surface area (Å²) in [6.45, 7) is 4.75. The van der Waals surface area contributed by atoms with Gasteiger partial charge in [0, 0.05) is 5.69 Å². The normalized spacial score (nSPS) is 11.4. The molecular formula is C18H20N2O5S. The molecule has 0 unspecified atom stereocenters. The van der Waals surface area contributed by atoms with Gasteiger partial charge in [-0.2, -0.15) is 0 Å². The van der Waals surface area contributed by atoms with Crippen LogP contribution in [0.2, 0.25) is 0 Å². The number of carboxylic acid groups (broad SMARTS) is 1. The summed E-state index contributed by atoms with van der Waals surface area (Å²) < 4.78 is 24.1. The molecule has 0 radical (unpaired) electrons. The first-order valence-corrected chi connectivity index (χ1v) is 9.64. The number of nitrogens with zero attached hydrogens (tertiary/aromatic N) is 1. The highest BCUT2D eigenvalue weighted by atomic mass is 32.2. The van der Waals surface area contributed by atoms with Crippen LogP contribution in [0.4, 0.5) is 5.69 Å². The highest BCUT2D eigenvalue weighted by Gasteiger charge is 2.17. The molecule has 8 heteroatoms. The summed E-state index contributed by atoms with van der Waals surface area (Å²) in [6.07, 6.45) is 0. The van der Waals surface area contributed by atoms with Crippen LogP contribution in [0.3, 0.4) is 0 Å². The Morgan fingerprint density at radius 1 is 1.19 bits per heavy atom. The topological polar surface area (TPSA) is 113 Å². The Bertz CT molecular complexity index is 952. The van der Waals surface area contributed by atoms with Crippen LogP contribution in [0.25, 0.3) is 0 Å². The number of hydrogen-bond donors (Lipinski definition) is 2. The Morgan fingerprint density at radius 3 is 2.46 bits per heavy atom. The van der Waals surface area contributed by atoms with Crippen LogP contribution < -0.4 is 5.32 Å². The minimum atomic E-state index is -3.25. The number of carbonyl (C=O) groups is 2. The van der Waals surface area contributed by atoms with Crippen molar-refractivity contribution in [3.05, 3.63) is 58.9 Å². The van der Waals surface area contributed by atoms with Gasteiger partial charge < -0.3 is 10.4 Å². The zero-order valence-corrected chi connectivity index (χ0v) is 15.5. The summed E-state index contributed by atoms with van der Waals surface area (Å²) in [5.74, 6) is -1.73. The third-order valence-electron chi connectivity index (χ3n) is 3.82. The molecule has 0 saturated carbocycles. The van der Waals surface area contributed by atoms with E-state index in [0.29, 0.717) is 11.3 Å². The number of pyridine rings is 1. The summed E-state index contributed by atoms with van der Waals surface area (Å²) in [4.78, 5) is 27.3. The molecular weight excluding hydrogens is 356 g/mol. The van der Waals surface area contributed by atoms with Crippen LogP contribution in [0.5, 0.6) is 0 Å². The zero-order valence-electron chi connectivity index (χ0n) is 14.7. The molecule has 0 aliphatic rings. The van der Waals surface area contributed by atoms with Crippen LogP contribution >= 0.6 is 0 Å². The number of hydrogen-bond acceptors (Lipinski definition) is 5. The van der Waals surface area contributed by atoms with E-state index in [0.717, 1.165) is 0 Å². The number of aromatic carboxylic acids is 1. The van der Waals surface area contributed by atoms with Gasteiger partial charge in [0.05, 0.1) is 22.3 Å². The average molecular weight is 376 g/mol. The second-order valence-electron chi connectivity index (χ2n) is 6.15. The van der Waals surface area contributed by atoms with Crippen molar-refractivity contribution in [3.8, 4) is 0 Å². The van der Waals surface area contributed by atoms with Crippen LogP contribution in [-0.2, 0) is 15.6 Å². The highest BCUT2D eigenvalue weighted by Crippen LogP contribution is 2.17. The molecule has 0 spiro atoms. The monoisotopic (exact) mass is 376 g/mol. The Labute approximate surface area is 152 Å². The number of benzene rings is 1. The number of nitrogens with one attached hydrogen (secondary N) is 1. The molecule has 0 atom stereocenters. The molecule has 1 heterocycles. The van der Waals surface area contributed by atoms with Gasteiger partial charge in [0.1, 0.15) is 5.69 Å². The van der Waals surface area contributed by atoms with E-state index in [2.05, 4.69) is 10.3 Å². The third kappa shape index (κ3) is 4.66. The Balaban J connectivity index is 2.18. The van der Waals surface area contributed by atoms with Gasteiger partial charge in [0.25, 0.3) is 5.91 Å². The molecule has 1 aromatic heterocycles. The lowest BCUT2D eigenvalue weighted by Crippen LogP contribution is -2.17. The third-order valence-corrected chi connectivity index (χ3v) is 5.99. The lowest BCUT2D eigenvalue weighted by atomic mass is 10.1. The van der Waals surface area contributed by atoms with Crippen LogP contribution in [0, 0.1) is 6.92 Å². The SMILES string of the molecule is Cc1nc(C(=O)Nc2cccc(CS(=O)(=O)C(C)C)c2)ccc1C(=O)O. The van der Waals surface area contributed by atoms with Gasteiger partial charge in [-0.3, -0.25) is 4.79 Å². The Morgan fingerprint density at radius 2 is 1.88 bits per heavy atom. The fraction of sp³-hybridized carbons (Fsp3) is 0.278. The summed E-state index contributed by atoms with van der Waals surface area (Å²) >= 11 is 0. The zero-order chi connectivity index (χ0) is 19.5. The van der Waals surface area contributed by atoms with Gasteiger partial charge >= 0.3 is 5.97 Å². The first-order chi connectivity index (χ1) is 12.1. The molecule has 7 nitrogen and oxygen atoms in total. The largest absolute Gasteiger partial charge is 0.478 e. The van der Waals surface area contributed by atoms with E-state index in [1.54, 1.807) is 38.1 Å². The fourth-order valence-electron chi connectivity index (χ4n) is 2.25. The minimum Gasteiger partial charge on any atom is -0.478 e. The van der Waals surface area contributed by atoms with Gasteiger partial charge in [0.15, 0.2) is 9.84 Å². The molecule has 26 heavy (non-hydrogen) atoms. The van der Waals surface area contributed by atoms with Crippen molar-refractivity contribution in [1.82, 2.24) is 4.98 Å². The van der Waals surface area contributed by atoms with Gasteiger partial charge in [-0.05, 0) is 50.6 Å². The maximum atomic E-state index is 12.3. The standard InChI is InChI=1S/C18H20N2O5S/c1-11(2)26(24,25)10-13-5-4-6-14(9-13)20-17(21)16-8-7-15(18(22)23)12(3)19-16/h4-9,11H,10H2,1-3H3,(H,20,21)(H,22,23). The van der Waals surface area contributed by atoms with E-state index in [1.807, 2.05) is 0 Å². The summed E-state index contributed by atoms with van der Waals surface area (Å²) in [7, 11) is -3.25. The molecule has 0 fully saturated rings. The molecule has 1 amide bonds. The van der Waals surface area contributed by atoms with Crippen molar-refractivity contribution >= 4 is 27.4 Å². The number of amides is 1. The first kappa shape index (κ1) is 19.6. The van der Waals surface area contributed by atoms with Gasteiger partial charge in [-0.25, -0.2) is 18.2 Å². The lowest BCUT2D eigenvalue weighted by molar-refractivity contribution is 0.0695. The van der Waals surface area contributed by atoms with Crippen LogP contribution in [0.1, 0.15) is 46.0 Å². The van der Waals surface area contributed by atoms with E-state index < -0.39 is 27.0 Å². The lowest BCUT2D eigenvalue weighted by Gasteiger charge is -2.10. The quantitative estimate of drug-likeness (QED) is 0.801. The number of aromatic nitrogens is 1. The number of aryl methyl sites for hydroxylation is 1. The van der Waals surface area contributed by atoms with E-state index in [1.165, 1.54) is 19.1 Å². The second kappa shape index (κ2) is 7.65. The van der Waals surface area contributed by atoms with Crippen molar-refractivity contribution < 1.29 is 23.1 Å². The molecule has 1 aromatic carbocycles. The maximum Gasteiger partial charge on any atom is 0.337 e. The first-order valence-electron chi connectivity index (χ1n) is 7.93. The molecule has 0 aliphatic heterocycles. The van der Waals surface area contributed by atoms with Crippen molar-refractivity contribution in [2.45, 2.75) is 31.8 Å². The van der Waals surface area contributed by atoms with Crippen LogP contribution in [-0.4, -0.2) is 35.6 Å². The van der Waals surface area contributed by atoms with E-state index in [4.69, 9.17) is 5.11 Å². The van der Waals surface area contributed by atoms with Crippen molar-refractivity contribution in [3.63, 3.8) is 0 Å². The Kier molecular flexibility index (Phi) is 5.76. The highest BCUT2D eigenvalue weighted by molar-refractivity contribution is 7.91. The summed E-state index contributed by atoms with van der Waals surface area (Å²) in [5, 5.41) is 11.2. The predicted octanol–water partition coefficient (Wildman–Crippen LogP) is 2.66. The molecule has 138 valence electrons. The molecule has 2 aromatic rings. The van der Waals surface area contributed by atoms with Gasteiger partial charge in [-0.1, -0.05) is 12.1 Å². The van der Waals surface area contributed by atoms with Gasteiger partial charge in [0.2, 0.25) is 0 Å². The smallest absolute Gasteiger partial charge is 0.337 e. The molecule has 2 rings (SSSR count). The number of sulfone groups is 1. The predicted molar refractivity (Wildman–Crippen MR) is 98.1 cm³/mol. The average Bonchev–Trinajstić information content (AvgIpc) is 2.54. The van der Waals surface area contributed by atoms with Crippen molar-refractivity contribution in [1.29, 1.82) is 0 Å². The van der Waals surface area contributed by atoms with E-state index in [-0.39, 0.29) is 22.7 Å². The van der Waals surface area contributed by atoms with Crippen LogP contribution in [0.15, 0.2) is 36.4 Å². The fourth-order valence-corrected chi connectivity index (χ4v) is 3.22. The minimum absolute atomic E-state index is 0.0300. The second-order valence-corrected chi connectivity index (χ2v) is 8.70. The number of carboxylic acids is 1. The van der Waals surface area contributed by atoms with Gasteiger partial charge in [-0.15, -0.1) is 0 Å². The van der Waals surface area contributed by atoms with Crippen molar-refractivity contribution in [2.24, 2.45) is 0 Å². The summed E-state index contributed by atoms with van der Waals surface area (Å²) in [5.41, 5.74) is 1.35. The Hall–Kier alpha value is -2.74. The number of anilines is 1. The summed E-state index contributed by atoms with van der Waals surface area (Å²) in [6, 6.07) is 9.23. The molecule has 0 aliphatic carbocycles. The number of carbonyl (C=O) groups excluding carboxylic acids is 1. The van der Waals surface area contributed by atoms with Crippen molar-refractivity contribution in [2.75, 3.05) is 5.32 Å². The molecule has 0 bridgehead atoms. The molecule has 0 saturated heterocycles. The molecule has 2 N–H and O–H groups in total.